The van der Waals surface area contributed by atoms with E-state index >= 15 is 0 Å². The van der Waals surface area contributed by atoms with Crippen LogP contribution >= 0.6 is 11.3 Å². The molecule has 0 radical (unpaired) electrons. The lowest BCUT2D eigenvalue weighted by atomic mass is 10.0. The fraction of sp³-hybridized carbons (Fsp3) is 0.444. The van der Waals surface area contributed by atoms with Gasteiger partial charge in [-0.2, -0.15) is 0 Å². The summed E-state index contributed by atoms with van der Waals surface area (Å²) in [6, 6.07) is 4.09. The zero-order valence-electron chi connectivity index (χ0n) is 13.9. The molecule has 1 aliphatic rings. The Labute approximate surface area is 136 Å². The van der Waals surface area contributed by atoms with Crippen LogP contribution in [0.5, 0.6) is 0 Å². The van der Waals surface area contributed by atoms with Crippen LogP contribution in [0.25, 0.3) is 5.70 Å². The maximum absolute atomic E-state index is 12.5. The second kappa shape index (κ2) is 6.21. The maximum atomic E-state index is 12.5. The van der Waals surface area contributed by atoms with Gasteiger partial charge in [-0.3, -0.25) is 9.59 Å². The Balaban J connectivity index is 2.58. The summed E-state index contributed by atoms with van der Waals surface area (Å²) in [5, 5.41) is 0. The first kappa shape index (κ1) is 16.7. The van der Waals surface area contributed by atoms with Crippen molar-refractivity contribution < 1.29 is 9.59 Å². The molecule has 2 heterocycles. The molecule has 0 spiro atoms. The normalized spacial score (nSPS) is 15.7. The molecule has 0 fully saturated rings. The van der Waals surface area contributed by atoms with Crippen molar-refractivity contribution in [2.75, 3.05) is 6.54 Å². The maximum Gasteiger partial charge on any atom is 0.258 e. The summed E-state index contributed by atoms with van der Waals surface area (Å²) in [6.45, 7) is 14.4. The van der Waals surface area contributed by atoms with Gasteiger partial charge in [0.2, 0.25) is 0 Å². The topological polar surface area (TPSA) is 37.4 Å². The van der Waals surface area contributed by atoms with Gasteiger partial charge in [0.15, 0.2) is 5.78 Å². The molecule has 2 rings (SSSR count). The van der Waals surface area contributed by atoms with Crippen molar-refractivity contribution in [1.82, 2.24) is 4.90 Å². The molecule has 0 bridgehead atoms. The molecule has 3 nitrogen and oxygen atoms in total. The van der Waals surface area contributed by atoms with Gasteiger partial charge in [-0.25, -0.2) is 0 Å². The first-order valence-corrected chi connectivity index (χ1v) is 8.42. The summed E-state index contributed by atoms with van der Waals surface area (Å²) in [7, 11) is 0. The highest BCUT2D eigenvalue weighted by molar-refractivity contribution is 7.13. The van der Waals surface area contributed by atoms with Crippen molar-refractivity contribution in [3.05, 3.63) is 39.6 Å². The van der Waals surface area contributed by atoms with Crippen LogP contribution in [-0.2, 0) is 9.59 Å². The van der Waals surface area contributed by atoms with E-state index in [2.05, 4.69) is 40.3 Å². The minimum atomic E-state index is -0.145. The Morgan fingerprint density at radius 1 is 1.27 bits per heavy atom. The fourth-order valence-electron chi connectivity index (χ4n) is 2.61. The van der Waals surface area contributed by atoms with Crippen molar-refractivity contribution in [2.45, 2.75) is 40.5 Å². The third-order valence-corrected chi connectivity index (χ3v) is 5.03. The highest BCUT2D eigenvalue weighted by Gasteiger charge is 2.37. The zero-order chi connectivity index (χ0) is 16.6. The Morgan fingerprint density at radius 3 is 2.36 bits per heavy atom. The number of Topliss-reactive ketones (excluding diaryl/α,β-unsaturated/α-hetero) is 1. The number of rotatable bonds is 5. The van der Waals surface area contributed by atoms with Gasteiger partial charge in [-0.15, -0.1) is 11.3 Å². The SMILES string of the molecule is C=C1C(=O)N(CC(C)C)C(c2ccc(C(C)C)s2)=C1C(C)=O. The first-order chi connectivity index (χ1) is 10.2. The van der Waals surface area contributed by atoms with E-state index in [0.717, 1.165) is 10.6 Å². The molecular formula is C18H23NO2S. The zero-order valence-corrected chi connectivity index (χ0v) is 14.7. The smallest absolute Gasteiger partial charge is 0.258 e. The molecule has 0 N–H and O–H groups in total. The molecule has 1 aliphatic heterocycles. The molecular weight excluding hydrogens is 294 g/mol. The van der Waals surface area contributed by atoms with Crippen LogP contribution in [0.3, 0.4) is 0 Å². The van der Waals surface area contributed by atoms with Crippen molar-refractivity contribution in [3.63, 3.8) is 0 Å². The van der Waals surface area contributed by atoms with Gasteiger partial charge in [0.25, 0.3) is 5.91 Å². The summed E-state index contributed by atoms with van der Waals surface area (Å²) in [5.41, 5.74) is 1.54. The van der Waals surface area contributed by atoms with E-state index in [9.17, 15) is 9.59 Å². The molecule has 1 amide bonds. The van der Waals surface area contributed by atoms with Crippen LogP contribution in [0.15, 0.2) is 29.9 Å². The standard InChI is InChI=1S/C18H23NO2S/c1-10(2)9-19-17(15-8-7-14(22-15)11(3)4)16(13(6)20)12(5)18(19)21/h7-8,10-11H,5,9H2,1-4,6H3. The van der Waals surface area contributed by atoms with Crippen LogP contribution in [0, 0.1) is 5.92 Å². The molecule has 22 heavy (non-hydrogen) atoms. The molecule has 0 atom stereocenters. The number of amides is 1. The van der Waals surface area contributed by atoms with E-state index in [4.69, 9.17) is 0 Å². The third-order valence-electron chi connectivity index (χ3n) is 3.64. The van der Waals surface area contributed by atoms with Crippen molar-refractivity contribution in [3.8, 4) is 0 Å². The Hall–Kier alpha value is -1.68. The predicted octanol–water partition coefficient (Wildman–Crippen LogP) is 4.23. The summed E-state index contributed by atoms with van der Waals surface area (Å²) in [4.78, 5) is 28.5. The summed E-state index contributed by atoms with van der Waals surface area (Å²) in [5.74, 6) is 0.508. The van der Waals surface area contributed by atoms with Crippen LogP contribution in [-0.4, -0.2) is 23.1 Å². The fourth-order valence-corrected chi connectivity index (χ4v) is 3.69. The number of thiophene rings is 1. The molecule has 0 unspecified atom stereocenters. The number of carbonyl (C=O) groups excluding carboxylic acids is 2. The molecule has 118 valence electrons. The number of nitrogens with zero attached hydrogens (tertiary/aromatic N) is 1. The minimum absolute atomic E-state index is 0.0981. The van der Waals surface area contributed by atoms with Crippen LogP contribution < -0.4 is 0 Å². The van der Waals surface area contributed by atoms with Crippen LogP contribution in [0.2, 0.25) is 0 Å². The lowest BCUT2D eigenvalue weighted by Crippen LogP contribution is -2.28. The minimum Gasteiger partial charge on any atom is -0.306 e. The summed E-state index contributed by atoms with van der Waals surface area (Å²) >= 11 is 1.65. The third kappa shape index (κ3) is 2.93. The number of carbonyl (C=O) groups is 2. The van der Waals surface area contributed by atoms with Crippen molar-refractivity contribution >= 4 is 28.7 Å². The number of hydrogen-bond donors (Lipinski definition) is 0. The second-order valence-corrected chi connectivity index (χ2v) is 7.54. The summed E-state index contributed by atoms with van der Waals surface area (Å²) < 4.78 is 0. The number of ketones is 1. The van der Waals surface area contributed by atoms with Gasteiger partial charge in [0.05, 0.1) is 16.1 Å². The second-order valence-electron chi connectivity index (χ2n) is 6.42. The van der Waals surface area contributed by atoms with E-state index in [1.54, 1.807) is 16.2 Å². The Morgan fingerprint density at radius 2 is 1.91 bits per heavy atom. The van der Waals surface area contributed by atoms with Crippen LogP contribution in [0.4, 0.5) is 0 Å². The van der Waals surface area contributed by atoms with Gasteiger partial charge in [0, 0.05) is 17.0 Å². The van der Waals surface area contributed by atoms with E-state index < -0.39 is 0 Å². The first-order valence-electron chi connectivity index (χ1n) is 7.60. The average Bonchev–Trinajstić information content (AvgIpc) is 2.97. The molecule has 0 saturated heterocycles. The quantitative estimate of drug-likeness (QED) is 0.762. The molecule has 0 aromatic carbocycles. The number of hydrogen-bond acceptors (Lipinski definition) is 3. The summed E-state index contributed by atoms with van der Waals surface area (Å²) in [6.07, 6.45) is 0. The Kier molecular flexibility index (Phi) is 4.71. The Bertz CT molecular complexity index is 664. The van der Waals surface area contributed by atoms with Crippen molar-refractivity contribution in [2.24, 2.45) is 5.92 Å². The van der Waals surface area contributed by atoms with Gasteiger partial charge in [-0.05, 0) is 30.9 Å². The van der Waals surface area contributed by atoms with Gasteiger partial charge in [-0.1, -0.05) is 34.3 Å². The van der Waals surface area contributed by atoms with Gasteiger partial charge in [0.1, 0.15) is 0 Å². The largest absolute Gasteiger partial charge is 0.306 e. The van der Waals surface area contributed by atoms with Crippen LogP contribution in [0.1, 0.15) is 50.3 Å². The van der Waals surface area contributed by atoms with E-state index in [1.807, 2.05) is 6.07 Å². The highest BCUT2D eigenvalue weighted by atomic mass is 32.1. The molecule has 0 saturated carbocycles. The van der Waals surface area contributed by atoms with Crippen molar-refractivity contribution in [1.29, 1.82) is 0 Å². The van der Waals surface area contributed by atoms with E-state index in [1.165, 1.54) is 11.8 Å². The van der Waals surface area contributed by atoms with Gasteiger partial charge >= 0.3 is 0 Å². The highest BCUT2D eigenvalue weighted by Crippen LogP contribution is 2.40. The molecule has 0 aliphatic carbocycles. The molecule has 1 aromatic heterocycles. The monoisotopic (exact) mass is 317 g/mol. The van der Waals surface area contributed by atoms with E-state index in [0.29, 0.717) is 29.5 Å². The molecule has 4 heteroatoms. The average molecular weight is 317 g/mol. The molecule has 1 aromatic rings. The lowest BCUT2D eigenvalue weighted by Gasteiger charge is -2.21. The lowest BCUT2D eigenvalue weighted by molar-refractivity contribution is -0.123. The predicted molar refractivity (Wildman–Crippen MR) is 91.7 cm³/mol. The van der Waals surface area contributed by atoms with E-state index in [-0.39, 0.29) is 11.7 Å². The van der Waals surface area contributed by atoms with Gasteiger partial charge < -0.3 is 4.90 Å².